The summed E-state index contributed by atoms with van der Waals surface area (Å²) in [5.74, 6) is 1.42. The molecule has 1 aromatic carbocycles. The number of benzene rings is 1. The van der Waals surface area contributed by atoms with Gasteiger partial charge in [-0.3, -0.25) is 9.69 Å². The van der Waals surface area contributed by atoms with Crippen LogP contribution in [0.2, 0.25) is 0 Å². The van der Waals surface area contributed by atoms with Gasteiger partial charge in [0.2, 0.25) is 5.91 Å². The van der Waals surface area contributed by atoms with Gasteiger partial charge < -0.3 is 10.1 Å². The van der Waals surface area contributed by atoms with Gasteiger partial charge in [-0.25, -0.2) is 0 Å². The minimum absolute atomic E-state index is 0.234. The fourth-order valence-electron chi connectivity index (χ4n) is 3.33. The van der Waals surface area contributed by atoms with Gasteiger partial charge >= 0.3 is 0 Å². The van der Waals surface area contributed by atoms with Gasteiger partial charge in [0, 0.05) is 12.5 Å². The van der Waals surface area contributed by atoms with Crippen LogP contribution in [0, 0.1) is 5.92 Å². The largest absolute Gasteiger partial charge is 0.494 e. The number of piperidine rings is 1. The van der Waals surface area contributed by atoms with Crippen LogP contribution in [0.4, 0.5) is 0 Å². The number of likely N-dealkylation sites (tertiary alicyclic amines) is 1. The van der Waals surface area contributed by atoms with E-state index in [1.807, 2.05) is 19.1 Å². The van der Waals surface area contributed by atoms with Gasteiger partial charge in [0.05, 0.1) is 12.6 Å². The molecule has 1 atom stereocenters. The summed E-state index contributed by atoms with van der Waals surface area (Å²) in [5, 5.41) is 3.17. The number of amides is 1. The molecule has 126 valence electrons. The average Bonchev–Trinajstić information content (AvgIpc) is 3.43. The lowest BCUT2D eigenvalue weighted by Crippen LogP contribution is -2.41. The Morgan fingerprint density at radius 3 is 2.52 bits per heavy atom. The number of nitrogens with one attached hydrogen (secondary N) is 1. The molecule has 1 saturated carbocycles. The zero-order chi connectivity index (χ0) is 16.1. The lowest BCUT2D eigenvalue weighted by atomic mass is 10.0. The Bertz CT molecular complexity index is 505. The van der Waals surface area contributed by atoms with Gasteiger partial charge in [0.15, 0.2) is 0 Å². The molecule has 1 unspecified atom stereocenters. The molecular formula is C19H28N2O2. The number of nitrogens with zero attached hydrogens (tertiary/aromatic N) is 1. The summed E-state index contributed by atoms with van der Waals surface area (Å²) < 4.78 is 5.54. The van der Waals surface area contributed by atoms with Crippen molar-refractivity contribution in [3.63, 3.8) is 0 Å². The number of carbonyl (C=O) groups is 1. The molecule has 1 heterocycles. The first kappa shape index (κ1) is 16.3. The van der Waals surface area contributed by atoms with Crippen molar-refractivity contribution in [3.05, 3.63) is 29.8 Å². The van der Waals surface area contributed by atoms with Crippen LogP contribution in [-0.4, -0.2) is 37.0 Å². The Balaban J connectivity index is 1.68. The maximum absolute atomic E-state index is 12.0. The van der Waals surface area contributed by atoms with Crippen LogP contribution < -0.4 is 10.1 Å². The third kappa shape index (κ3) is 4.47. The van der Waals surface area contributed by atoms with Crippen LogP contribution in [0.15, 0.2) is 24.3 Å². The molecule has 4 heteroatoms. The van der Waals surface area contributed by atoms with Gasteiger partial charge in [0.1, 0.15) is 5.75 Å². The van der Waals surface area contributed by atoms with E-state index >= 15 is 0 Å². The van der Waals surface area contributed by atoms with Crippen LogP contribution in [0.5, 0.6) is 5.75 Å². The van der Waals surface area contributed by atoms with E-state index < -0.39 is 0 Å². The lowest BCUT2D eigenvalue weighted by Gasteiger charge is -2.35. The first-order valence-corrected chi connectivity index (χ1v) is 9.02. The summed E-state index contributed by atoms with van der Waals surface area (Å²) in [6.07, 6.45) is 5.95. The van der Waals surface area contributed by atoms with E-state index in [-0.39, 0.29) is 17.9 Å². The number of hydrogen-bond acceptors (Lipinski definition) is 3. The van der Waals surface area contributed by atoms with Crippen molar-refractivity contribution in [2.75, 3.05) is 26.2 Å². The predicted molar refractivity (Wildman–Crippen MR) is 91.5 cm³/mol. The Hall–Kier alpha value is -1.55. The highest BCUT2D eigenvalue weighted by Gasteiger charge is 2.30. The molecule has 1 aliphatic heterocycles. The van der Waals surface area contributed by atoms with Crippen LogP contribution >= 0.6 is 0 Å². The van der Waals surface area contributed by atoms with Gasteiger partial charge in [-0.05, 0) is 63.4 Å². The third-order valence-electron chi connectivity index (χ3n) is 4.83. The lowest BCUT2D eigenvalue weighted by molar-refractivity contribution is -0.122. The van der Waals surface area contributed by atoms with E-state index in [1.54, 1.807) is 0 Å². The van der Waals surface area contributed by atoms with Crippen LogP contribution in [0.25, 0.3) is 0 Å². The molecule has 0 aromatic heterocycles. The van der Waals surface area contributed by atoms with E-state index in [1.165, 1.54) is 24.8 Å². The molecule has 1 aliphatic carbocycles. The summed E-state index contributed by atoms with van der Waals surface area (Å²) in [6.45, 7) is 5.64. The fourth-order valence-corrected chi connectivity index (χ4v) is 3.33. The van der Waals surface area contributed by atoms with E-state index in [2.05, 4.69) is 22.3 Å². The molecule has 3 rings (SSSR count). The van der Waals surface area contributed by atoms with Crippen molar-refractivity contribution >= 4 is 5.91 Å². The normalized spacial score (nSPS) is 20.0. The van der Waals surface area contributed by atoms with Crippen LogP contribution in [0.3, 0.4) is 0 Å². The van der Waals surface area contributed by atoms with Gasteiger partial charge in [-0.2, -0.15) is 0 Å². The minimum atomic E-state index is 0.234. The Morgan fingerprint density at radius 1 is 1.22 bits per heavy atom. The van der Waals surface area contributed by atoms with E-state index in [0.717, 1.165) is 31.7 Å². The quantitative estimate of drug-likeness (QED) is 0.840. The zero-order valence-corrected chi connectivity index (χ0v) is 14.1. The number of ether oxygens (including phenoxy) is 1. The molecule has 0 spiro atoms. The van der Waals surface area contributed by atoms with Crippen molar-refractivity contribution in [2.45, 2.75) is 45.1 Å². The summed E-state index contributed by atoms with van der Waals surface area (Å²) in [7, 11) is 0. The Labute approximate surface area is 139 Å². The van der Waals surface area contributed by atoms with Crippen molar-refractivity contribution in [3.8, 4) is 5.75 Å². The first-order chi connectivity index (χ1) is 11.3. The van der Waals surface area contributed by atoms with Gasteiger partial charge in [-0.15, -0.1) is 0 Å². The number of rotatable bonds is 7. The molecule has 0 radical (unpaired) electrons. The minimum Gasteiger partial charge on any atom is -0.494 e. The second-order valence-corrected chi connectivity index (χ2v) is 6.63. The molecule has 0 bridgehead atoms. The number of hydrogen-bond donors (Lipinski definition) is 1. The molecule has 1 N–H and O–H groups in total. The molecule has 23 heavy (non-hydrogen) atoms. The van der Waals surface area contributed by atoms with E-state index in [9.17, 15) is 4.79 Å². The summed E-state index contributed by atoms with van der Waals surface area (Å²) in [4.78, 5) is 14.5. The van der Waals surface area contributed by atoms with Crippen molar-refractivity contribution in [1.29, 1.82) is 0 Å². The van der Waals surface area contributed by atoms with Crippen molar-refractivity contribution in [2.24, 2.45) is 5.92 Å². The predicted octanol–water partition coefficient (Wildman–Crippen LogP) is 3.14. The highest BCUT2D eigenvalue weighted by Crippen LogP contribution is 2.30. The van der Waals surface area contributed by atoms with Gasteiger partial charge in [-0.1, -0.05) is 18.6 Å². The van der Waals surface area contributed by atoms with Crippen molar-refractivity contribution < 1.29 is 9.53 Å². The maximum Gasteiger partial charge on any atom is 0.223 e. The number of carbonyl (C=O) groups excluding carboxylic acids is 1. The van der Waals surface area contributed by atoms with Gasteiger partial charge in [0.25, 0.3) is 0 Å². The summed E-state index contributed by atoms with van der Waals surface area (Å²) in [5.41, 5.74) is 1.27. The third-order valence-corrected chi connectivity index (χ3v) is 4.83. The molecular weight excluding hydrogens is 288 g/mol. The molecule has 1 saturated heterocycles. The maximum atomic E-state index is 12.0. The summed E-state index contributed by atoms with van der Waals surface area (Å²) in [6, 6.07) is 8.65. The molecule has 2 fully saturated rings. The van der Waals surface area contributed by atoms with Crippen LogP contribution in [0.1, 0.15) is 50.6 Å². The Kier molecular flexibility index (Phi) is 5.55. The SMILES string of the molecule is CCOc1ccc(C(CNC(=O)C2CC2)N2CCCCC2)cc1. The summed E-state index contributed by atoms with van der Waals surface area (Å²) >= 11 is 0. The molecule has 2 aliphatic rings. The fraction of sp³-hybridized carbons (Fsp3) is 0.632. The highest BCUT2D eigenvalue weighted by molar-refractivity contribution is 5.80. The average molecular weight is 316 g/mol. The topological polar surface area (TPSA) is 41.6 Å². The first-order valence-electron chi connectivity index (χ1n) is 9.02. The van der Waals surface area contributed by atoms with E-state index in [4.69, 9.17) is 4.74 Å². The van der Waals surface area contributed by atoms with E-state index in [0.29, 0.717) is 13.2 Å². The molecule has 1 aromatic rings. The zero-order valence-electron chi connectivity index (χ0n) is 14.1. The van der Waals surface area contributed by atoms with Crippen LogP contribution in [-0.2, 0) is 4.79 Å². The highest BCUT2D eigenvalue weighted by atomic mass is 16.5. The Morgan fingerprint density at radius 2 is 1.91 bits per heavy atom. The molecule has 4 nitrogen and oxygen atoms in total. The standard InChI is InChI=1S/C19H28N2O2/c1-2-23-17-10-8-15(9-11-17)18(21-12-4-3-5-13-21)14-20-19(22)16-6-7-16/h8-11,16,18H,2-7,12-14H2,1H3,(H,20,22). The smallest absolute Gasteiger partial charge is 0.223 e. The van der Waals surface area contributed by atoms with Crippen molar-refractivity contribution in [1.82, 2.24) is 10.2 Å². The molecule has 1 amide bonds. The monoisotopic (exact) mass is 316 g/mol. The second kappa shape index (κ2) is 7.82. The second-order valence-electron chi connectivity index (χ2n) is 6.63.